The predicted molar refractivity (Wildman–Crippen MR) is 115 cm³/mol. The third-order valence-electron chi connectivity index (χ3n) is 4.35. The second kappa shape index (κ2) is 9.00. The van der Waals surface area contributed by atoms with Gasteiger partial charge in [-0.05, 0) is 56.7 Å². The number of pyridine rings is 1. The Morgan fingerprint density at radius 1 is 1.10 bits per heavy atom. The van der Waals surface area contributed by atoms with Gasteiger partial charge in [-0.25, -0.2) is 9.67 Å². The van der Waals surface area contributed by atoms with Gasteiger partial charge in [0.1, 0.15) is 0 Å². The van der Waals surface area contributed by atoms with E-state index < -0.39 is 0 Å². The van der Waals surface area contributed by atoms with Crippen molar-refractivity contribution in [1.29, 1.82) is 0 Å². The van der Waals surface area contributed by atoms with Crippen LogP contribution in [-0.4, -0.2) is 33.1 Å². The molecule has 2 heterocycles. The van der Waals surface area contributed by atoms with E-state index in [0.29, 0.717) is 11.4 Å². The molecule has 150 valence electrons. The summed E-state index contributed by atoms with van der Waals surface area (Å²) in [5, 5.41) is 9.98. The number of anilines is 1. The summed E-state index contributed by atoms with van der Waals surface area (Å²) in [7, 11) is 0. The topological polar surface area (TPSA) is 88.9 Å². The maximum absolute atomic E-state index is 12.3. The Morgan fingerprint density at radius 2 is 1.90 bits per heavy atom. The molecule has 0 fully saturated rings. The SMILES string of the molecule is Cc1cc(C)n(-c2ccc(C(=O)NCCC(=O)Nc3cc(Br)ccc3C)cn2)n1. The quantitative estimate of drug-likeness (QED) is 0.592. The van der Waals surface area contributed by atoms with E-state index in [-0.39, 0.29) is 24.8 Å². The number of hydrogen-bond acceptors (Lipinski definition) is 4. The van der Waals surface area contributed by atoms with Crippen LogP contribution in [-0.2, 0) is 4.79 Å². The Balaban J connectivity index is 1.52. The molecule has 2 N–H and O–H groups in total. The molecule has 0 aliphatic carbocycles. The van der Waals surface area contributed by atoms with Crippen LogP contribution in [0.2, 0.25) is 0 Å². The standard InChI is InChI=1S/C21H22BrN5O2/c1-13-4-6-17(22)11-18(13)25-20(28)8-9-23-21(29)16-5-7-19(24-12-16)27-15(3)10-14(2)26-27/h4-7,10-12H,8-9H2,1-3H3,(H,23,29)(H,25,28). The number of amides is 2. The molecular weight excluding hydrogens is 434 g/mol. The zero-order chi connectivity index (χ0) is 21.0. The number of benzene rings is 1. The first-order chi connectivity index (χ1) is 13.8. The van der Waals surface area contributed by atoms with Gasteiger partial charge in [0.05, 0.1) is 11.3 Å². The Bertz CT molecular complexity index is 1040. The van der Waals surface area contributed by atoms with Crippen molar-refractivity contribution in [1.82, 2.24) is 20.1 Å². The van der Waals surface area contributed by atoms with Crippen molar-refractivity contribution in [3.8, 4) is 5.82 Å². The Labute approximate surface area is 177 Å². The summed E-state index contributed by atoms with van der Waals surface area (Å²) in [6.45, 7) is 6.02. The molecule has 0 saturated carbocycles. The van der Waals surface area contributed by atoms with Gasteiger partial charge in [-0.1, -0.05) is 22.0 Å². The fraction of sp³-hybridized carbons (Fsp3) is 0.238. The van der Waals surface area contributed by atoms with Crippen LogP contribution in [0.5, 0.6) is 0 Å². The molecule has 7 nitrogen and oxygen atoms in total. The van der Waals surface area contributed by atoms with Crippen molar-refractivity contribution < 1.29 is 9.59 Å². The lowest BCUT2D eigenvalue weighted by Gasteiger charge is -2.10. The molecule has 0 aliphatic rings. The molecule has 2 aromatic heterocycles. The lowest BCUT2D eigenvalue weighted by atomic mass is 10.2. The van der Waals surface area contributed by atoms with Crippen LogP contribution in [0.1, 0.15) is 33.7 Å². The number of nitrogens with one attached hydrogen (secondary N) is 2. The molecule has 29 heavy (non-hydrogen) atoms. The zero-order valence-electron chi connectivity index (χ0n) is 16.5. The highest BCUT2D eigenvalue weighted by atomic mass is 79.9. The predicted octanol–water partition coefficient (Wildman–Crippen LogP) is 3.71. The number of halogens is 1. The molecule has 3 aromatic rings. The molecule has 3 rings (SSSR count). The van der Waals surface area contributed by atoms with Crippen molar-refractivity contribution in [2.24, 2.45) is 0 Å². The monoisotopic (exact) mass is 455 g/mol. The highest BCUT2D eigenvalue weighted by Gasteiger charge is 2.10. The van der Waals surface area contributed by atoms with Crippen LogP contribution in [0.4, 0.5) is 5.69 Å². The van der Waals surface area contributed by atoms with Gasteiger partial charge in [-0.2, -0.15) is 5.10 Å². The summed E-state index contributed by atoms with van der Waals surface area (Å²) in [5.74, 6) is 0.212. The number of aryl methyl sites for hydroxylation is 3. The first-order valence-electron chi connectivity index (χ1n) is 9.17. The number of carbonyl (C=O) groups is 2. The minimum atomic E-state index is -0.274. The van der Waals surface area contributed by atoms with Gasteiger partial charge < -0.3 is 10.6 Å². The van der Waals surface area contributed by atoms with Gasteiger partial charge in [-0.3, -0.25) is 9.59 Å². The summed E-state index contributed by atoms with van der Waals surface area (Å²) >= 11 is 3.39. The molecule has 1 aromatic carbocycles. The van der Waals surface area contributed by atoms with Crippen LogP contribution < -0.4 is 10.6 Å². The Kier molecular flexibility index (Phi) is 6.43. The third kappa shape index (κ3) is 5.29. The van der Waals surface area contributed by atoms with E-state index in [1.807, 2.05) is 45.0 Å². The van der Waals surface area contributed by atoms with Gasteiger partial charge in [0.15, 0.2) is 5.82 Å². The van der Waals surface area contributed by atoms with Gasteiger partial charge >= 0.3 is 0 Å². The molecule has 2 amide bonds. The Hall–Kier alpha value is -3.00. The summed E-state index contributed by atoms with van der Waals surface area (Å²) in [4.78, 5) is 28.7. The summed E-state index contributed by atoms with van der Waals surface area (Å²) in [5.41, 5.74) is 4.03. The number of rotatable bonds is 6. The van der Waals surface area contributed by atoms with Gasteiger partial charge in [0.2, 0.25) is 5.91 Å². The molecule has 0 saturated heterocycles. The fourth-order valence-electron chi connectivity index (χ4n) is 2.84. The van der Waals surface area contributed by atoms with Crippen molar-refractivity contribution in [2.45, 2.75) is 27.2 Å². The summed E-state index contributed by atoms with van der Waals surface area (Å²) < 4.78 is 2.62. The van der Waals surface area contributed by atoms with E-state index in [1.54, 1.807) is 16.8 Å². The number of hydrogen-bond donors (Lipinski definition) is 2. The molecule has 0 spiro atoms. The van der Waals surface area contributed by atoms with E-state index in [2.05, 4.69) is 36.6 Å². The van der Waals surface area contributed by atoms with Gasteiger partial charge in [0.25, 0.3) is 5.91 Å². The van der Waals surface area contributed by atoms with E-state index in [9.17, 15) is 9.59 Å². The second-order valence-corrected chi connectivity index (χ2v) is 7.67. The smallest absolute Gasteiger partial charge is 0.252 e. The lowest BCUT2D eigenvalue weighted by molar-refractivity contribution is -0.116. The average molecular weight is 456 g/mol. The van der Waals surface area contributed by atoms with E-state index in [0.717, 1.165) is 27.1 Å². The van der Waals surface area contributed by atoms with Gasteiger partial charge in [-0.15, -0.1) is 0 Å². The van der Waals surface area contributed by atoms with Crippen LogP contribution in [0.15, 0.2) is 47.1 Å². The maximum Gasteiger partial charge on any atom is 0.252 e. The molecule has 0 unspecified atom stereocenters. The lowest BCUT2D eigenvalue weighted by Crippen LogP contribution is -2.27. The highest BCUT2D eigenvalue weighted by molar-refractivity contribution is 9.10. The minimum Gasteiger partial charge on any atom is -0.351 e. The molecular formula is C21H22BrN5O2. The van der Waals surface area contributed by atoms with E-state index >= 15 is 0 Å². The molecule has 8 heteroatoms. The fourth-order valence-corrected chi connectivity index (χ4v) is 3.20. The minimum absolute atomic E-state index is 0.162. The molecule has 0 radical (unpaired) electrons. The largest absolute Gasteiger partial charge is 0.351 e. The second-order valence-electron chi connectivity index (χ2n) is 6.76. The maximum atomic E-state index is 12.3. The molecule has 0 aliphatic heterocycles. The summed E-state index contributed by atoms with van der Waals surface area (Å²) in [6.07, 6.45) is 1.68. The number of carbonyl (C=O) groups excluding carboxylic acids is 2. The third-order valence-corrected chi connectivity index (χ3v) is 4.84. The average Bonchev–Trinajstić information content (AvgIpc) is 3.03. The van der Waals surface area contributed by atoms with Crippen LogP contribution in [0, 0.1) is 20.8 Å². The summed E-state index contributed by atoms with van der Waals surface area (Å²) in [6, 6.07) is 11.1. The number of nitrogens with zero attached hydrogens (tertiary/aromatic N) is 3. The molecule has 0 atom stereocenters. The van der Waals surface area contributed by atoms with Crippen molar-refractivity contribution in [3.05, 3.63) is 69.6 Å². The van der Waals surface area contributed by atoms with Crippen LogP contribution >= 0.6 is 15.9 Å². The van der Waals surface area contributed by atoms with Gasteiger partial charge in [0, 0.05) is 35.0 Å². The van der Waals surface area contributed by atoms with Crippen molar-refractivity contribution >= 4 is 33.4 Å². The van der Waals surface area contributed by atoms with Crippen molar-refractivity contribution in [2.75, 3.05) is 11.9 Å². The first kappa shape index (κ1) is 20.7. The number of aromatic nitrogens is 3. The molecule has 0 bridgehead atoms. The first-order valence-corrected chi connectivity index (χ1v) is 9.96. The van der Waals surface area contributed by atoms with Crippen molar-refractivity contribution in [3.63, 3.8) is 0 Å². The van der Waals surface area contributed by atoms with Crippen LogP contribution in [0.25, 0.3) is 5.82 Å². The normalized spacial score (nSPS) is 10.6. The van der Waals surface area contributed by atoms with Crippen LogP contribution in [0.3, 0.4) is 0 Å². The van der Waals surface area contributed by atoms with E-state index in [1.165, 1.54) is 6.20 Å². The van der Waals surface area contributed by atoms with E-state index in [4.69, 9.17) is 0 Å². The Morgan fingerprint density at radius 3 is 2.55 bits per heavy atom. The zero-order valence-corrected chi connectivity index (χ0v) is 18.1. The highest BCUT2D eigenvalue weighted by Crippen LogP contribution is 2.20.